The highest BCUT2D eigenvalue weighted by molar-refractivity contribution is 6.35. The normalized spacial score (nSPS) is 11.4. The number of amides is 1. The van der Waals surface area contributed by atoms with Gasteiger partial charge in [-0.05, 0) is 97.6 Å². The smallest absolute Gasteiger partial charge is 0.308 e. The van der Waals surface area contributed by atoms with Crippen LogP contribution < -0.4 is 16.8 Å². The van der Waals surface area contributed by atoms with Gasteiger partial charge in [0.1, 0.15) is 0 Å². The lowest BCUT2D eigenvalue weighted by Gasteiger charge is -2.19. The number of nitrogens with one attached hydrogen (secondary N) is 1. The molecule has 4 aromatic rings. The molecule has 5 N–H and O–H groups in total. The summed E-state index contributed by atoms with van der Waals surface area (Å²) in [5.41, 5.74) is 14.7. The second-order valence-electron chi connectivity index (χ2n) is 12.1. The molecule has 0 saturated carbocycles. The maximum Gasteiger partial charge on any atom is 0.308 e. The highest BCUT2D eigenvalue weighted by Gasteiger charge is 2.21. The van der Waals surface area contributed by atoms with Crippen molar-refractivity contribution in [3.8, 4) is 0 Å². The Morgan fingerprint density at radius 2 is 0.850 bits per heavy atom. The van der Waals surface area contributed by atoms with E-state index in [0.717, 1.165) is 16.7 Å². The van der Waals surface area contributed by atoms with E-state index in [1.54, 1.807) is 75.4 Å². The van der Waals surface area contributed by atoms with E-state index in [2.05, 4.69) is 5.32 Å². The van der Waals surface area contributed by atoms with Gasteiger partial charge in [0.2, 0.25) is 5.91 Å². The largest absolute Gasteiger partial charge is 0.466 e. The molecule has 10 nitrogen and oxygen atoms in total. The van der Waals surface area contributed by atoms with Crippen LogP contribution in [-0.2, 0) is 39.8 Å². The summed E-state index contributed by atoms with van der Waals surface area (Å²) in [6, 6.07) is 22.9. The molecule has 60 heavy (non-hydrogen) atoms. The van der Waals surface area contributed by atoms with Gasteiger partial charge in [0.05, 0.1) is 51.5 Å². The van der Waals surface area contributed by atoms with Crippen molar-refractivity contribution in [3.05, 3.63) is 137 Å². The van der Waals surface area contributed by atoms with Crippen LogP contribution in [0.2, 0.25) is 30.1 Å². The lowest BCUT2D eigenvalue weighted by atomic mass is 10.0. The zero-order valence-corrected chi connectivity index (χ0v) is 37.3. The molecule has 0 aliphatic carbocycles. The number of benzene rings is 4. The highest BCUT2D eigenvalue weighted by Crippen LogP contribution is 2.27. The Hall–Kier alpha value is -3.29. The average Bonchev–Trinajstić information content (AvgIpc) is 3.11. The second kappa shape index (κ2) is 31.5. The summed E-state index contributed by atoms with van der Waals surface area (Å²) in [6.45, 7) is 6.21. The number of carbonyl (C=O) groups excluding carboxylic acids is 4. The van der Waals surface area contributed by atoms with Gasteiger partial charge in [-0.2, -0.15) is 0 Å². The molecule has 0 bridgehead atoms. The van der Waals surface area contributed by atoms with Crippen molar-refractivity contribution in [1.82, 2.24) is 5.32 Å². The molecule has 0 fully saturated rings. The fourth-order valence-electron chi connectivity index (χ4n) is 5.05. The van der Waals surface area contributed by atoms with Crippen molar-refractivity contribution >= 4 is 106 Å². The number of hydrogen-bond donors (Lipinski definition) is 3. The maximum atomic E-state index is 12.4. The Balaban J connectivity index is 0. The molecule has 0 aliphatic heterocycles. The molecule has 0 aliphatic rings. The van der Waals surface area contributed by atoms with Crippen LogP contribution in [0.25, 0.3) is 0 Å². The zero-order valence-electron chi connectivity index (χ0n) is 32.0. The first-order valence-corrected chi connectivity index (χ1v) is 20.0. The van der Waals surface area contributed by atoms with Gasteiger partial charge in [-0.1, -0.05) is 115 Å². The zero-order chi connectivity index (χ0) is 42.5. The number of ether oxygens (including phenoxy) is 3. The van der Waals surface area contributed by atoms with E-state index in [4.69, 9.17) is 95.3 Å². The van der Waals surface area contributed by atoms with Gasteiger partial charge in [-0.15, -0.1) is 12.4 Å². The molecule has 0 radical (unpaired) electrons. The summed E-state index contributed by atoms with van der Waals surface area (Å²) < 4.78 is 14.6. The van der Waals surface area contributed by atoms with Gasteiger partial charge in [-0.3, -0.25) is 19.2 Å². The minimum absolute atomic E-state index is 0. The lowest BCUT2D eigenvalue weighted by molar-refractivity contribution is -0.144. The van der Waals surface area contributed by atoms with Crippen molar-refractivity contribution in [1.29, 1.82) is 0 Å². The summed E-state index contributed by atoms with van der Waals surface area (Å²) in [5.74, 6) is -1.25. The van der Waals surface area contributed by atoms with Gasteiger partial charge < -0.3 is 31.0 Å². The summed E-state index contributed by atoms with van der Waals surface area (Å²) in [7, 11) is 0. The first-order valence-electron chi connectivity index (χ1n) is 17.7. The average molecular weight is 973 g/mol. The van der Waals surface area contributed by atoms with Crippen molar-refractivity contribution in [2.24, 2.45) is 11.5 Å². The van der Waals surface area contributed by atoms with Crippen LogP contribution in [0.4, 0.5) is 0 Å². The Kier molecular flexibility index (Phi) is 30.9. The van der Waals surface area contributed by atoms with Crippen LogP contribution in [0.3, 0.4) is 0 Å². The molecule has 1 unspecified atom stereocenters. The summed E-state index contributed by atoms with van der Waals surface area (Å²) in [5, 5.41) is 5.75. The van der Waals surface area contributed by atoms with Crippen LogP contribution >= 0.6 is 82.0 Å². The Morgan fingerprint density at radius 1 is 0.533 bits per heavy atom. The van der Waals surface area contributed by atoms with Crippen LogP contribution in [-0.4, -0.2) is 43.6 Å². The second-order valence-corrected chi connectivity index (χ2v) is 14.7. The van der Waals surface area contributed by atoms with Gasteiger partial charge in [-0.25, -0.2) is 0 Å². The highest BCUT2D eigenvalue weighted by atomic mass is 35.5. The molecule has 3 atom stereocenters. The van der Waals surface area contributed by atoms with E-state index in [-0.39, 0.29) is 77.4 Å². The molecular formula is C43H54Cl7N3O7. The maximum absolute atomic E-state index is 12.4. The summed E-state index contributed by atoms with van der Waals surface area (Å²) >= 11 is 35.4. The van der Waals surface area contributed by atoms with Crippen molar-refractivity contribution in [2.75, 3.05) is 19.8 Å². The molecule has 4 rings (SSSR count). The number of nitrogens with two attached hydrogens (primary N) is 2. The van der Waals surface area contributed by atoms with E-state index in [1.165, 1.54) is 0 Å². The Bertz CT molecular complexity index is 1790. The monoisotopic (exact) mass is 969 g/mol. The quantitative estimate of drug-likeness (QED) is 0.0778. The van der Waals surface area contributed by atoms with Gasteiger partial charge >= 0.3 is 17.9 Å². The molecule has 0 spiro atoms. The fourth-order valence-corrected chi connectivity index (χ4v) is 6.68. The predicted molar refractivity (Wildman–Crippen MR) is 249 cm³/mol. The molecule has 0 aromatic heterocycles. The van der Waals surface area contributed by atoms with Crippen LogP contribution in [0.5, 0.6) is 0 Å². The van der Waals surface area contributed by atoms with E-state index in [0.29, 0.717) is 48.9 Å². The first kappa shape index (κ1) is 58.8. The Morgan fingerprint density at radius 3 is 1.18 bits per heavy atom. The Labute approximate surface area is 390 Å². The molecule has 0 heterocycles. The third-order valence-electron chi connectivity index (χ3n) is 7.52. The van der Waals surface area contributed by atoms with E-state index >= 15 is 0 Å². The standard InChI is InChI=1S/C19H19Cl2NO3.2C11H13Cl2NO2.2CH4.ClH/c1-2-25-19(24)12-17(14-9-15(20)11-16(21)10-14)22-18(23)8-13-6-4-3-5-7-13;2*1-2-16-11(15)6-10(14)7-3-8(12)5-9(13)4-7;;;/h3-7,9-11,17H,2,8,12H2,1H3,(H,22,23);2*3-5,10H,2,6,14H2,1H3;2*1H4;1H/t17-;10-;;;;/m10..../s1. The number of esters is 3. The van der Waals surface area contributed by atoms with Gasteiger partial charge in [0.25, 0.3) is 0 Å². The van der Waals surface area contributed by atoms with Crippen LogP contribution in [0, 0.1) is 0 Å². The number of carbonyl (C=O) groups is 4. The molecular weight excluding hydrogens is 919 g/mol. The summed E-state index contributed by atoms with van der Waals surface area (Å²) in [6.07, 6.45) is 0.453. The molecule has 0 saturated heterocycles. The van der Waals surface area contributed by atoms with Gasteiger partial charge in [0, 0.05) is 42.2 Å². The first-order chi connectivity index (χ1) is 27.0. The van der Waals surface area contributed by atoms with Crippen LogP contribution in [0.1, 0.15) is 95.3 Å². The van der Waals surface area contributed by atoms with Crippen molar-refractivity contribution in [3.63, 3.8) is 0 Å². The summed E-state index contributed by atoms with van der Waals surface area (Å²) in [4.78, 5) is 46.7. The molecule has 332 valence electrons. The third kappa shape index (κ3) is 23.6. The van der Waals surface area contributed by atoms with Gasteiger partial charge in [0.15, 0.2) is 0 Å². The fraction of sp³-hybridized carbons (Fsp3) is 0.349. The van der Waals surface area contributed by atoms with Crippen molar-refractivity contribution in [2.45, 2.75) is 79.4 Å². The predicted octanol–water partition coefficient (Wildman–Crippen LogP) is 11.9. The third-order valence-corrected chi connectivity index (χ3v) is 8.83. The molecule has 17 heteroatoms. The van der Waals surface area contributed by atoms with Crippen LogP contribution in [0.15, 0.2) is 84.9 Å². The number of rotatable bonds is 15. The topological polar surface area (TPSA) is 160 Å². The molecule has 4 aromatic carbocycles. The minimum Gasteiger partial charge on any atom is -0.466 e. The minimum atomic E-state index is -0.563. The SMILES string of the molecule is C.C.CCOC(=O)CC(N)c1cc(Cl)cc(Cl)c1.CCOC(=O)C[C@@H](NC(=O)Cc1ccccc1)c1cc(Cl)cc(Cl)c1.CCOC(=O)C[C@H](N)c1cc(Cl)cc(Cl)c1.Cl. The van der Waals surface area contributed by atoms with Crippen molar-refractivity contribution < 1.29 is 33.4 Å². The van der Waals surface area contributed by atoms with E-state index in [9.17, 15) is 19.2 Å². The van der Waals surface area contributed by atoms with E-state index in [1.807, 2.05) is 30.3 Å². The molecule has 1 amide bonds. The number of hydrogen-bond acceptors (Lipinski definition) is 9. The lowest BCUT2D eigenvalue weighted by Crippen LogP contribution is -2.31. The van der Waals surface area contributed by atoms with E-state index < -0.39 is 24.1 Å². The number of halogens is 7.